The second kappa shape index (κ2) is 3.20. The molecule has 0 radical (unpaired) electrons. The third kappa shape index (κ3) is 1.24. The van der Waals surface area contributed by atoms with Crippen molar-refractivity contribution in [1.82, 2.24) is 10.2 Å². The number of aryl methyl sites for hydroxylation is 1. The van der Waals surface area contributed by atoms with E-state index in [9.17, 15) is 5.11 Å². The number of anilines is 1. The lowest BCUT2D eigenvalue weighted by Crippen LogP contribution is -1.97. The Balaban J connectivity index is 2.39. The molecule has 0 bridgehead atoms. The highest BCUT2D eigenvalue weighted by molar-refractivity contribution is 5.81. The van der Waals surface area contributed by atoms with Gasteiger partial charge >= 0.3 is 0 Å². The summed E-state index contributed by atoms with van der Waals surface area (Å²) in [6, 6.07) is 5.47. The van der Waals surface area contributed by atoms with Crippen molar-refractivity contribution in [3.05, 3.63) is 34.9 Å². The fraction of sp³-hybridized carbons (Fsp3) is 0.231. The Morgan fingerprint density at radius 1 is 1.29 bits per heavy atom. The van der Waals surface area contributed by atoms with E-state index in [4.69, 9.17) is 5.73 Å². The number of nitrogens with zero attached hydrogens (tertiary/aromatic N) is 2. The van der Waals surface area contributed by atoms with E-state index in [-0.39, 0.29) is 11.7 Å². The highest BCUT2D eigenvalue weighted by Gasteiger charge is 2.31. The number of phenolic OH excluding ortho intramolecular Hbond substituents is 1. The van der Waals surface area contributed by atoms with Gasteiger partial charge in [0.1, 0.15) is 17.3 Å². The molecule has 0 aliphatic heterocycles. The molecule has 1 unspecified atom stereocenters. The van der Waals surface area contributed by atoms with Gasteiger partial charge in [0.05, 0.1) is 0 Å². The molecule has 3 N–H and O–H groups in total. The Morgan fingerprint density at radius 3 is 2.82 bits per heavy atom. The van der Waals surface area contributed by atoms with Crippen LogP contribution in [-0.2, 0) is 0 Å². The van der Waals surface area contributed by atoms with E-state index in [1.807, 2.05) is 19.1 Å². The molecule has 86 valence electrons. The van der Waals surface area contributed by atoms with Gasteiger partial charge in [-0.2, -0.15) is 0 Å². The summed E-state index contributed by atoms with van der Waals surface area (Å²) < 4.78 is 0. The Labute approximate surface area is 99.1 Å². The monoisotopic (exact) mass is 227 g/mol. The van der Waals surface area contributed by atoms with Crippen molar-refractivity contribution < 1.29 is 5.11 Å². The first-order valence-electron chi connectivity index (χ1n) is 5.55. The second-order valence-electron chi connectivity index (χ2n) is 4.49. The maximum Gasteiger partial charge on any atom is 0.146 e. The van der Waals surface area contributed by atoms with Gasteiger partial charge in [-0.05, 0) is 35.7 Å². The van der Waals surface area contributed by atoms with Crippen LogP contribution in [0, 0.1) is 6.92 Å². The third-order valence-electron chi connectivity index (χ3n) is 3.42. The molecule has 0 saturated carbocycles. The van der Waals surface area contributed by atoms with E-state index in [0.717, 1.165) is 27.9 Å². The number of rotatable bonds is 0. The predicted octanol–water partition coefficient (Wildman–Crippen LogP) is 2.21. The molecule has 1 heterocycles. The van der Waals surface area contributed by atoms with Crippen molar-refractivity contribution in [3.8, 4) is 17.0 Å². The van der Waals surface area contributed by atoms with E-state index >= 15 is 0 Å². The van der Waals surface area contributed by atoms with Gasteiger partial charge in [-0.25, -0.2) is 0 Å². The summed E-state index contributed by atoms with van der Waals surface area (Å²) in [5.74, 6) is 0.876. The fourth-order valence-electron chi connectivity index (χ4n) is 2.62. The minimum Gasteiger partial charge on any atom is -0.507 e. The predicted molar refractivity (Wildman–Crippen MR) is 65.8 cm³/mol. The van der Waals surface area contributed by atoms with Crippen molar-refractivity contribution in [2.24, 2.45) is 0 Å². The highest BCUT2D eigenvalue weighted by Crippen LogP contribution is 2.48. The third-order valence-corrected chi connectivity index (χ3v) is 3.42. The summed E-state index contributed by atoms with van der Waals surface area (Å²) in [4.78, 5) is 0. The minimum atomic E-state index is 0.199. The number of nitrogen functional groups attached to an aromatic ring is 1. The van der Waals surface area contributed by atoms with Gasteiger partial charge < -0.3 is 10.8 Å². The van der Waals surface area contributed by atoms with Crippen LogP contribution in [0.3, 0.4) is 0 Å². The summed E-state index contributed by atoms with van der Waals surface area (Å²) in [5, 5.41) is 18.0. The second-order valence-corrected chi connectivity index (χ2v) is 4.49. The number of fused-ring (bicyclic) bond motifs is 3. The Morgan fingerprint density at radius 2 is 2.06 bits per heavy atom. The van der Waals surface area contributed by atoms with E-state index < -0.39 is 0 Å². The van der Waals surface area contributed by atoms with Crippen molar-refractivity contribution in [2.45, 2.75) is 19.8 Å². The first-order chi connectivity index (χ1) is 8.09. The average molecular weight is 227 g/mol. The van der Waals surface area contributed by atoms with Crippen LogP contribution >= 0.6 is 0 Å². The number of phenols is 1. The molecule has 1 aliphatic rings. The molecular formula is C13H13N3O. The lowest BCUT2D eigenvalue weighted by Gasteiger charge is -2.09. The first-order valence-corrected chi connectivity index (χ1v) is 5.55. The van der Waals surface area contributed by atoms with Crippen LogP contribution in [-0.4, -0.2) is 15.3 Å². The van der Waals surface area contributed by atoms with Crippen LogP contribution in [0.5, 0.6) is 5.75 Å². The normalized spacial score (nSPS) is 16.7. The van der Waals surface area contributed by atoms with Gasteiger partial charge in [0.25, 0.3) is 0 Å². The molecule has 0 amide bonds. The molecule has 2 aromatic rings. The number of aromatic hydroxyl groups is 1. The van der Waals surface area contributed by atoms with Gasteiger partial charge in [0.15, 0.2) is 0 Å². The quantitative estimate of drug-likeness (QED) is 0.723. The van der Waals surface area contributed by atoms with Crippen LogP contribution in [0.15, 0.2) is 18.2 Å². The number of benzene rings is 1. The fourth-order valence-corrected chi connectivity index (χ4v) is 2.62. The SMILES string of the molecule is Cc1ccc(O)c2c1C(C)c1cc(N)nnc1-2. The maximum atomic E-state index is 9.99. The van der Waals surface area contributed by atoms with Gasteiger partial charge in [-0.3, -0.25) is 0 Å². The largest absolute Gasteiger partial charge is 0.507 e. The number of nitrogens with two attached hydrogens (primary N) is 1. The van der Waals surface area contributed by atoms with E-state index in [1.54, 1.807) is 6.07 Å². The van der Waals surface area contributed by atoms with Gasteiger partial charge in [0.2, 0.25) is 0 Å². The van der Waals surface area contributed by atoms with Crippen molar-refractivity contribution in [1.29, 1.82) is 0 Å². The maximum absolute atomic E-state index is 9.99. The smallest absolute Gasteiger partial charge is 0.146 e. The van der Waals surface area contributed by atoms with Crippen LogP contribution in [0.4, 0.5) is 5.82 Å². The van der Waals surface area contributed by atoms with Gasteiger partial charge in [-0.15, -0.1) is 10.2 Å². The number of hydrogen-bond acceptors (Lipinski definition) is 4. The van der Waals surface area contributed by atoms with Crippen LogP contribution < -0.4 is 5.73 Å². The summed E-state index contributed by atoms with van der Waals surface area (Å²) in [6.45, 7) is 4.13. The van der Waals surface area contributed by atoms with Crippen LogP contribution in [0.2, 0.25) is 0 Å². The summed E-state index contributed by atoms with van der Waals surface area (Å²) in [6.07, 6.45) is 0. The van der Waals surface area contributed by atoms with E-state index in [1.165, 1.54) is 0 Å². The minimum absolute atomic E-state index is 0.199. The molecule has 17 heavy (non-hydrogen) atoms. The number of hydrogen-bond donors (Lipinski definition) is 2. The summed E-state index contributed by atoms with van der Waals surface area (Å²) in [7, 11) is 0. The molecule has 1 aromatic carbocycles. The Hall–Kier alpha value is -2.10. The molecule has 1 aromatic heterocycles. The number of aromatic nitrogens is 2. The lowest BCUT2D eigenvalue weighted by molar-refractivity contribution is 0.476. The van der Waals surface area contributed by atoms with Crippen molar-refractivity contribution in [3.63, 3.8) is 0 Å². The highest BCUT2D eigenvalue weighted by atomic mass is 16.3. The summed E-state index contributed by atoms with van der Waals surface area (Å²) in [5.41, 5.74) is 10.5. The molecule has 0 saturated heterocycles. The molecule has 1 atom stereocenters. The standard InChI is InChI=1S/C13H13N3O/c1-6-3-4-9(17)12-11(6)7(2)8-5-10(14)15-16-13(8)12/h3-5,7,17H,1-2H3,(H2,14,15). The van der Waals surface area contributed by atoms with Crippen LogP contribution in [0.25, 0.3) is 11.3 Å². The Bertz CT molecular complexity index is 622. The van der Waals surface area contributed by atoms with Gasteiger partial charge in [0, 0.05) is 11.5 Å². The van der Waals surface area contributed by atoms with Crippen LogP contribution in [0.1, 0.15) is 29.5 Å². The average Bonchev–Trinajstić information content (AvgIpc) is 2.59. The zero-order valence-electron chi connectivity index (χ0n) is 9.73. The molecule has 4 heteroatoms. The van der Waals surface area contributed by atoms with E-state index in [0.29, 0.717) is 5.82 Å². The molecule has 3 rings (SSSR count). The molecule has 1 aliphatic carbocycles. The summed E-state index contributed by atoms with van der Waals surface area (Å²) >= 11 is 0. The first kappa shape index (κ1) is 10.1. The Kier molecular flexibility index (Phi) is 1.90. The molecule has 0 fully saturated rings. The van der Waals surface area contributed by atoms with Crippen molar-refractivity contribution in [2.75, 3.05) is 5.73 Å². The molecule has 4 nitrogen and oxygen atoms in total. The zero-order chi connectivity index (χ0) is 12.2. The van der Waals surface area contributed by atoms with Gasteiger partial charge in [-0.1, -0.05) is 13.0 Å². The molecular weight excluding hydrogens is 214 g/mol. The van der Waals surface area contributed by atoms with Crippen molar-refractivity contribution >= 4 is 5.82 Å². The molecule has 0 spiro atoms. The van der Waals surface area contributed by atoms with E-state index in [2.05, 4.69) is 17.1 Å². The zero-order valence-corrected chi connectivity index (χ0v) is 9.73. The topological polar surface area (TPSA) is 72.0 Å². The lowest BCUT2D eigenvalue weighted by atomic mass is 9.95.